The number of para-hydroxylation sites is 2. The predicted molar refractivity (Wildman–Crippen MR) is 122 cm³/mol. The molecule has 2 amide bonds. The molecule has 0 aliphatic rings. The van der Waals surface area contributed by atoms with Crippen molar-refractivity contribution in [2.24, 2.45) is 0 Å². The third-order valence-electron chi connectivity index (χ3n) is 4.55. The van der Waals surface area contributed by atoms with Crippen LogP contribution in [0.4, 0.5) is 11.4 Å². The second-order valence-corrected chi connectivity index (χ2v) is 7.15. The molecule has 7 nitrogen and oxygen atoms in total. The van der Waals surface area contributed by atoms with Gasteiger partial charge in [0.05, 0.1) is 11.3 Å². The minimum absolute atomic E-state index is 0.183. The standard InChI is InChI=1S/C25H24N2O5/c1-16-8-7-11-22(23(16)26-18(3)28)25(30)31-17(2)24(29)27-19-12-14-21(15-13-19)32-20-9-5-4-6-10-20/h4-15,17H,1-3H3,(H,26,28)(H,27,29). The summed E-state index contributed by atoms with van der Waals surface area (Å²) in [6.07, 6.45) is -1.05. The maximum atomic E-state index is 12.6. The molecular formula is C25H24N2O5. The lowest BCUT2D eigenvalue weighted by Crippen LogP contribution is -2.30. The van der Waals surface area contributed by atoms with Gasteiger partial charge in [-0.2, -0.15) is 0 Å². The molecular weight excluding hydrogens is 408 g/mol. The molecule has 0 aliphatic carbocycles. The van der Waals surface area contributed by atoms with Crippen LogP contribution in [0.2, 0.25) is 0 Å². The van der Waals surface area contributed by atoms with Crippen molar-refractivity contribution in [1.82, 2.24) is 0 Å². The lowest BCUT2D eigenvalue weighted by molar-refractivity contribution is -0.123. The van der Waals surface area contributed by atoms with Gasteiger partial charge in [-0.05, 0) is 61.9 Å². The Balaban J connectivity index is 1.61. The molecule has 3 aromatic carbocycles. The fraction of sp³-hybridized carbons (Fsp3) is 0.160. The first-order chi connectivity index (χ1) is 15.3. The molecule has 0 heterocycles. The van der Waals surface area contributed by atoms with E-state index >= 15 is 0 Å². The molecule has 1 atom stereocenters. The van der Waals surface area contributed by atoms with Crippen LogP contribution >= 0.6 is 0 Å². The largest absolute Gasteiger partial charge is 0.457 e. The zero-order chi connectivity index (χ0) is 23.1. The molecule has 0 fully saturated rings. The lowest BCUT2D eigenvalue weighted by Gasteiger charge is -2.16. The summed E-state index contributed by atoms with van der Waals surface area (Å²) in [7, 11) is 0. The van der Waals surface area contributed by atoms with Crippen LogP contribution in [0.3, 0.4) is 0 Å². The Hall–Kier alpha value is -4.13. The minimum atomic E-state index is -1.05. The summed E-state index contributed by atoms with van der Waals surface area (Å²) >= 11 is 0. The maximum Gasteiger partial charge on any atom is 0.341 e. The van der Waals surface area contributed by atoms with Crippen molar-refractivity contribution in [3.05, 3.63) is 83.9 Å². The van der Waals surface area contributed by atoms with Gasteiger partial charge in [0, 0.05) is 12.6 Å². The topological polar surface area (TPSA) is 93.7 Å². The molecule has 32 heavy (non-hydrogen) atoms. The van der Waals surface area contributed by atoms with Crippen LogP contribution in [0, 0.1) is 6.92 Å². The van der Waals surface area contributed by atoms with Gasteiger partial charge in [0.25, 0.3) is 5.91 Å². The van der Waals surface area contributed by atoms with Crippen LogP contribution in [0.5, 0.6) is 11.5 Å². The molecule has 0 aromatic heterocycles. The maximum absolute atomic E-state index is 12.6. The van der Waals surface area contributed by atoms with Crippen LogP contribution in [-0.2, 0) is 14.3 Å². The van der Waals surface area contributed by atoms with Crippen molar-refractivity contribution in [3.63, 3.8) is 0 Å². The summed E-state index contributed by atoms with van der Waals surface area (Å²) in [6.45, 7) is 4.60. The van der Waals surface area contributed by atoms with Gasteiger partial charge in [-0.3, -0.25) is 9.59 Å². The fourth-order valence-electron chi connectivity index (χ4n) is 2.93. The van der Waals surface area contributed by atoms with Crippen LogP contribution in [-0.4, -0.2) is 23.9 Å². The Labute approximate surface area is 186 Å². The van der Waals surface area contributed by atoms with E-state index in [1.807, 2.05) is 30.3 Å². The van der Waals surface area contributed by atoms with E-state index < -0.39 is 18.0 Å². The van der Waals surface area contributed by atoms with Crippen molar-refractivity contribution in [2.75, 3.05) is 10.6 Å². The van der Waals surface area contributed by atoms with E-state index in [4.69, 9.17) is 9.47 Å². The average Bonchev–Trinajstić information content (AvgIpc) is 2.76. The van der Waals surface area contributed by atoms with Gasteiger partial charge < -0.3 is 20.1 Å². The fourth-order valence-corrected chi connectivity index (χ4v) is 2.93. The van der Waals surface area contributed by atoms with Gasteiger partial charge in [-0.25, -0.2) is 4.79 Å². The molecule has 0 aliphatic heterocycles. The zero-order valence-corrected chi connectivity index (χ0v) is 18.0. The second kappa shape index (κ2) is 10.3. The van der Waals surface area contributed by atoms with Gasteiger partial charge in [0.2, 0.25) is 5.91 Å². The number of benzene rings is 3. The van der Waals surface area contributed by atoms with Gasteiger partial charge in [-0.1, -0.05) is 30.3 Å². The third kappa shape index (κ3) is 5.95. The van der Waals surface area contributed by atoms with Gasteiger partial charge in [0.15, 0.2) is 6.10 Å². The summed E-state index contributed by atoms with van der Waals surface area (Å²) in [5.74, 6) is -0.160. The molecule has 2 N–H and O–H groups in total. The van der Waals surface area contributed by atoms with Crippen LogP contribution in [0.25, 0.3) is 0 Å². The van der Waals surface area contributed by atoms with Crippen molar-refractivity contribution in [3.8, 4) is 11.5 Å². The van der Waals surface area contributed by atoms with E-state index in [0.29, 0.717) is 28.4 Å². The highest BCUT2D eigenvalue weighted by atomic mass is 16.5. The Bertz CT molecular complexity index is 1110. The highest BCUT2D eigenvalue weighted by Crippen LogP contribution is 2.24. The van der Waals surface area contributed by atoms with Gasteiger partial charge in [-0.15, -0.1) is 0 Å². The Morgan fingerprint density at radius 1 is 0.812 bits per heavy atom. The second-order valence-electron chi connectivity index (χ2n) is 7.15. The minimum Gasteiger partial charge on any atom is -0.457 e. The number of nitrogens with one attached hydrogen (secondary N) is 2. The van der Waals surface area contributed by atoms with Crippen molar-refractivity contribution < 1.29 is 23.9 Å². The Morgan fingerprint density at radius 2 is 1.47 bits per heavy atom. The van der Waals surface area contributed by atoms with E-state index in [0.717, 1.165) is 0 Å². The summed E-state index contributed by atoms with van der Waals surface area (Å²) in [6, 6.07) is 21.2. The average molecular weight is 432 g/mol. The van der Waals surface area contributed by atoms with Crippen LogP contribution in [0.1, 0.15) is 29.8 Å². The molecule has 0 bridgehead atoms. The number of hydrogen-bond donors (Lipinski definition) is 2. The number of carbonyl (C=O) groups excluding carboxylic acids is 3. The number of hydrogen-bond acceptors (Lipinski definition) is 5. The number of aryl methyl sites for hydroxylation is 1. The smallest absolute Gasteiger partial charge is 0.341 e. The quantitative estimate of drug-likeness (QED) is 0.517. The van der Waals surface area contributed by atoms with Crippen molar-refractivity contribution in [1.29, 1.82) is 0 Å². The van der Waals surface area contributed by atoms with E-state index in [1.165, 1.54) is 19.9 Å². The van der Waals surface area contributed by atoms with Gasteiger partial charge >= 0.3 is 5.97 Å². The Kier molecular flexibility index (Phi) is 7.23. The SMILES string of the molecule is CC(=O)Nc1c(C)cccc1C(=O)OC(C)C(=O)Nc1ccc(Oc2ccccc2)cc1. The van der Waals surface area contributed by atoms with E-state index in [1.54, 1.807) is 43.3 Å². The molecule has 1 unspecified atom stereocenters. The number of ether oxygens (including phenoxy) is 2. The number of esters is 1. The Morgan fingerprint density at radius 3 is 2.12 bits per heavy atom. The third-order valence-corrected chi connectivity index (χ3v) is 4.55. The van der Waals surface area contributed by atoms with Crippen molar-refractivity contribution >= 4 is 29.2 Å². The molecule has 7 heteroatoms. The number of anilines is 2. The summed E-state index contributed by atoms with van der Waals surface area (Å²) in [5, 5.41) is 5.34. The lowest BCUT2D eigenvalue weighted by atomic mass is 10.1. The molecule has 164 valence electrons. The van der Waals surface area contributed by atoms with Crippen LogP contribution < -0.4 is 15.4 Å². The molecule has 0 saturated carbocycles. The highest BCUT2D eigenvalue weighted by Gasteiger charge is 2.22. The summed E-state index contributed by atoms with van der Waals surface area (Å²) in [4.78, 5) is 36.6. The molecule has 0 radical (unpaired) electrons. The molecule has 0 saturated heterocycles. The monoisotopic (exact) mass is 432 g/mol. The van der Waals surface area contributed by atoms with Crippen LogP contribution in [0.15, 0.2) is 72.8 Å². The van der Waals surface area contributed by atoms with E-state index in [2.05, 4.69) is 10.6 Å². The number of rotatable bonds is 7. The molecule has 3 aromatic rings. The summed E-state index contributed by atoms with van der Waals surface area (Å²) in [5.41, 5.74) is 1.80. The first-order valence-corrected chi connectivity index (χ1v) is 10.1. The number of carbonyl (C=O) groups is 3. The first kappa shape index (κ1) is 22.6. The van der Waals surface area contributed by atoms with Crippen molar-refractivity contribution in [2.45, 2.75) is 26.9 Å². The molecule has 3 rings (SSSR count). The predicted octanol–water partition coefficient (Wildman–Crippen LogP) is 4.93. The van der Waals surface area contributed by atoms with E-state index in [9.17, 15) is 14.4 Å². The summed E-state index contributed by atoms with van der Waals surface area (Å²) < 4.78 is 11.0. The highest BCUT2D eigenvalue weighted by molar-refractivity contribution is 6.03. The molecule has 0 spiro atoms. The first-order valence-electron chi connectivity index (χ1n) is 10.1. The normalized spacial score (nSPS) is 11.2. The number of amides is 2. The van der Waals surface area contributed by atoms with Gasteiger partial charge in [0.1, 0.15) is 11.5 Å². The van der Waals surface area contributed by atoms with E-state index in [-0.39, 0.29) is 11.5 Å². The zero-order valence-electron chi connectivity index (χ0n) is 18.0.